The number of hydrogen-bond donors (Lipinski definition) is 2. The second-order valence-electron chi connectivity index (χ2n) is 0.448. The fourth-order valence-corrected chi connectivity index (χ4v) is 0. The van der Waals surface area contributed by atoms with Gasteiger partial charge in [0.2, 0.25) is 0 Å². The minimum absolute atomic E-state index is 0. The molecule has 0 aliphatic heterocycles. The van der Waals surface area contributed by atoms with Crippen molar-refractivity contribution < 1.29 is 43.4 Å². The molecule has 0 atom stereocenters. The van der Waals surface area contributed by atoms with Crippen molar-refractivity contribution in [1.82, 2.24) is 0 Å². The van der Waals surface area contributed by atoms with Gasteiger partial charge in [0.05, 0.1) is 0 Å². The zero-order valence-electron chi connectivity index (χ0n) is 2.62. The van der Waals surface area contributed by atoms with E-state index in [4.69, 9.17) is 17.5 Å². The van der Waals surface area contributed by atoms with Gasteiger partial charge in [0.1, 0.15) is 0 Å². The van der Waals surface area contributed by atoms with E-state index in [-0.39, 0.29) is 180 Å². The molecule has 0 aromatic heterocycles. The molecule has 0 aromatic rings. The van der Waals surface area contributed by atoms with Crippen molar-refractivity contribution in [1.29, 1.82) is 0 Å². The van der Waals surface area contributed by atoms with Crippen LogP contribution >= 0.6 is 0 Å². The molecule has 0 aromatic carbocycles. The molecule has 4 nitrogen and oxygen atoms in total. The van der Waals surface area contributed by atoms with Gasteiger partial charge in [0, 0.05) is 25.8 Å². The monoisotopic (exact) mass is 398 g/mol. The molecule has 42 valence electrons. The van der Waals surface area contributed by atoms with E-state index in [9.17, 15) is 0 Å². The first-order valence-corrected chi connectivity index (χ1v) is 2.10. The van der Waals surface area contributed by atoms with Gasteiger partial charge in [0.15, 0.2) is 0 Å². The summed E-state index contributed by atoms with van der Waals surface area (Å²) in [6.07, 6.45) is 0. The molecule has 0 heterocycles. The van der Waals surface area contributed by atoms with Crippen molar-refractivity contribution in [3.05, 3.63) is 0 Å². The van der Waals surface area contributed by atoms with Crippen LogP contribution in [-0.2, 0) is 36.2 Å². The predicted octanol–water partition coefficient (Wildman–Crippen LogP) is -2.60. The van der Waals surface area contributed by atoms with Gasteiger partial charge in [-0.25, -0.2) is 0 Å². The molecule has 9 heavy (non-hydrogen) atoms. The van der Waals surface area contributed by atoms with Crippen LogP contribution in [0.3, 0.4) is 0 Å². The van der Waals surface area contributed by atoms with Gasteiger partial charge in [-0.15, -0.1) is 0 Å². The first kappa shape index (κ1) is 29.3. The van der Waals surface area contributed by atoms with Crippen LogP contribution in [-0.4, -0.2) is 172 Å². The fourth-order valence-electron chi connectivity index (χ4n) is 0. The first-order valence-electron chi connectivity index (χ1n) is 0.698. The maximum atomic E-state index is 8.74. The van der Waals surface area contributed by atoms with Crippen LogP contribution < -0.4 is 0 Å². The van der Waals surface area contributed by atoms with E-state index >= 15 is 0 Å². The molecule has 0 aliphatic carbocycles. The Morgan fingerprint density at radius 1 is 0.889 bits per heavy atom. The Hall–Kier alpha value is 5.65. The Balaban J connectivity index is -0.0000000133. The van der Waals surface area contributed by atoms with Crippen molar-refractivity contribution in [2.24, 2.45) is 0 Å². The normalized spacial score (nSPS) is 6.44. The van der Waals surface area contributed by atoms with E-state index in [1.807, 2.05) is 0 Å². The molecule has 0 fully saturated rings. The third-order valence-electron chi connectivity index (χ3n) is 0. The summed E-state index contributed by atoms with van der Waals surface area (Å²) < 4.78 is 31.6. The number of hydrogen-bond acceptors (Lipinski definition) is 2. The van der Waals surface area contributed by atoms with Crippen molar-refractivity contribution in [2.75, 3.05) is 0 Å². The van der Waals surface area contributed by atoms with Gasteiger partial charge in [-0.3, -0.25) is 9.11 Å². The standard InChI is InChI=1S/Hf.3K.H2O4S.3H/c;;;;1-5(2,3)4;;;/h;;;;(H2,1,2,3,4);;;. The third kappa shape index (κ3) is 58.0. The topological polar surface area (TPSA) is 74.6 Å². The van der Waals surface area contributed by atoms with Crippen LogP contribution in [0, 0.1) is 0 Å². The summed E-state index contributed by atoms with van der Waals surface area (Å²) >= 11 is 0. The van der Waals surface area contributed by atoms with Crippen LogP contribution in [0.2, 0.25) is 0 Å². The second kappa shape index (κ2) is 16.1. The maximum absolute atomic E-state index is 8.74. The van der Waals surface area contributed by atoms with Gasteiger partial charge in [-0.05, 0) is 0 Å². The fraction of sp³-hybridized carbons (Fsp3) is 0. The summed E-state index contributed by atoms with van der Waals surface area (Å²) in [5, 5.41) is 0. The van der Waals surface area contributed by atoms with Crippen molar-refractivity contribution in [3.8, 4) is 0 Å². The van der Waals surface area contributed by atoms with Gasteiger partial charge in [-0.1, -0.05) is 0 Å². The van der Waals surface area contributed by atoms with E-state index in [1.54, 1.807) is 0 Å². The molecule has 0 unspecified atom stereocenters. The van der Waals surface area contributed by atoms with E-state index in [0.29, 0.717) is 0 Å². The zero-order valence-corrected chi connectivity index (χ0v) is 7.03. The van der Waals surface area contributed by atoms with Crippen molar-refractivity contribution in [2.45, 2.75) is 0 Å². The predicted molar refractivity (Wildman–Crippen MR) is 35.6 cm³/mol. The van der Waals surface area contributed by atoms with Gasteiger partial charge in [-0.2, -0.15) is 8.42 Å². The van der Waals surface area contributed by atoms with Gasteiger partial charge in [0.25, 0.3) is 0 Å². The van der Waals surface area contributed by atoms with E-state index < -0.39 is 10.4 Å². The zero-order chi connectivity index (χ0) is 4.50. The third-order valence-corrected chi connectivity index (χ3v) is 0. The van der Waals surface area contributed by atoms with Crippen molar-refractivity contribution >= 4 is 165 Å². The van der Waals surface area contributed by atoms with Crippen LogP contribution in [0.1, 0.15) is 0 Å². The summed E-state index contributed by atoms with van der Waals surface area (Å²) in [6.45, 7) is 0. The molecular weight excluding hydrogens is 392 g/mol. The molecule has 0 amide bonds. The summed E-state index contributed by atoms with van der Waals surface area (Å²) in [4.78, 5) is 0. The first-order chi connectivity index (χ1) is 2.00. The van der Waals surface area contributed by atoms with E-state index in [2.05, 4.69) is 0 Å². The summed E-state index contributed by atoms with van der Waals surface area (Å²) in [5.74, 6) is 0. The van der Waals surface area contributed by atoms with Crippen molar-refractivity contribution in [3.63, 3.8) is 0 Å². The Morgan fingerprint density at radius 3 is 0.889 bits per heavy atom. The average Bonchev–Trinajstić information content (AvgIpc) is 0.722. The molecule has 0 radical (unpaired) electrons. The molecule has 0 saturated heterocycles. The van der Waals surface area contributed by atoms with Crippen LogP contribution in [0.4, 0.5) is 0 Å². The molecule has 0 rings (SSSR count). The van der Waals surface area contributed by atoms with Gasteiger partial charge < -0.3 is 0 Å². The Kier molecular flexibility index (Phi) is 52.4. The van der Waals surface area contributed by atoms with Crippen LogP contribution in [0.15, 0.2) is 0 Å². The van der Waals surface area contributed by atoms with E-state index in [1.165, 1.54) is 0 Å². The average molecular weight is 397 g/mol. The van der Waals surface area contributed by atoms with Crippen LogP contribution in [0.5, 0.6) is 0 Å². The number of rotatable bonds is 0. The molecule has 0 bridgehead atoms. The second-order valence-corrected chi connectivity index (χ2v) is 1.34. The Bertz CT molecular complexity index is 99.0. The molecule has 0 spiro atoms. The Morgan fingerprint density at radius 2 is 0.889 bits per heavy atom. The molecule has 9 heteroatoms. The summed E-state index contributed by atoms with van der Waals surface area (Å²) in [7, 11) is -4.67. The summed E-state index contributed by atoms with van der Waals surface area (Å²) in [5.41, 5.74) is 0. The summed E-state index contributed by atoms with van der Waals surface area (Å²) in [6, 6.07) is 0. The quantitative estimate of drug-likeness (QED) is 0.348. The molecule has 0 saturated carbocycles. The van der Waals surface area contributed by atoms with Crippen LogP contribution in [0.25, 0.3) is 0 Å². The molecular formula is H5HfK3O4S. The Labute approximate surface area is 201 Å². The van der Waals surface area contributed by atoms with E-state index in [0.717, 1.165) is 0 Å². The molecule has 0 aliphatic rings. The minimum atomic E-state index is -4.67. The molecule has 2 N–H and O–H groups in total. The SMILES string of the molecule is O=S(=O)(O)O.[Hf].[KH].[KH].[KH]. The van der Waals surface area contributed by atoms with Gasteiger partial charge >= 0.3 is 165 Å².